The van der Waals surface area contributed by atoms with E-state index in [1.54, 1.807) is 0 Å². The third-order valence-electron chi connectivity index (χ3n) is 2.14. The minimum absolute atomic E-state index is 0.0639. The van der Waals surface area contributed by atoms with Gasteiger partial charge in [0.05, 0.1) is 12.6 Å². The van der Waals surface area contributed by atoms with Crippen LogP contribution in [-0.4, -0.2) is 31.2 Å². The molecule has 0 amide bonds. The highest BCUT2D eigenvalue weighted by atomic mass is 16.5. The van der Waals surface area contributed by atoms with Gasteiger partial charge in [0.2, 0.25) is 5.96 Å². The van der Waals surface area contributed by atoms with Gasteiger partial charge in [-0.3, -0.25) is 0 Å². The molecular formula is C8H17N5O. The molecule has 0 aromatic rings. The monoisotopic (exact) mass is 199 g/mol. The van der Waals surface area contributed by atoms with E-state index < -0.39 is 0 Å². The molecular weight excluding hydrogens is 182 g/mol. The highest BCUT2D eigenvalue weighted by molar-refractivity contribution is 5.92. The van der Waals surface area contributed by atoms with Crippen molar-refractivity contribution in [1.29, 1.82) is 0 Å². The Morgan fingerprint density at radius 3 is 2.64 bits per heavy atom. The molecule has 14 heavy (non-hydrogen) atoms. The average molecular weight is 199 g/mol. The first kappa shape index (κ1) is 10.8. The number of aliphatic imine (C=N–C) groups is 2. The van der Waals surface area contributed by atoms with Crippen molar-refractivity contribution >= 4 is 11.9 Å². The first-order valence-electron chi connectivity index (χ1n) is 4.60. The van der Waals surface area contributed by atoms with E-state index in [1.165, 1.54) is 0 Å². The number of nitrogens with two attached hydrogens (primary N) is 3. The number of hydrogen-bond donors (Lipinski definition) is 3. The Morgan fingerprint density at radius 2 is 2.07 bits per heavy atom. The van der Waals surface area contributed by atoms with E-state index in [0.29, 0.717) is 19.1 Å². The normalized spacial score (nSPS) is 28.5. The van der Waals surface area contributed by atoms with Crippen molar-refractivity contribution in [2.45, 2.75) is 19.4 Å². The zero-order valence-electron chi connectivity index (χ0n) is 8.31. The molecule has 6 N–H and O–H groups in total. The summed E-state index contributed by atoms with van der Waals surface area (Å²) in [7, 11) is 0. The molecule has 0 aromatic heterocycles. The molecule has 1 heterocycles. The molecule has 0 aliphatic carbocycles. The summed E-state index contributed by atoms with van der Waals surface area (Å²) in [5, 5.41) is 0. The zero-order chi connectivity index (χ0) is 10.6. The summed E-state index contributed by atoms with van der Waals surface area (Å²) in [5.74, 6) is 0.436. The van der Waals surface area contributed by atoms with E-state index >= 15 is 0 Å². The minimum atomic E-state index is -0.0639. The van der Waals surface area contributed by atoms with Gasteiger partial charge in [-0.15, -0.1) is 0 Å². The molecule has 0 saturated carbocycles. The Kier molecular flexibility index (Phi) is 3.70. The number of rotatable bonds is 1. The van der Waals surface area contributed by atoms with Crippen molar-refractivity contribution < 1.29 is 4.74 Å². The highest BCUT2D eigenvalue weighted by Gasteiger charge is 2.21. The Balaban J connectivity index is 2.60. The maximum Gasteiger partial charge on any atom is 0.218 e. The molecule has 80 valence electrons. The maximum absolute atomic E-state index is 5.53. The quantitative estimate of drug-likeness (QED) is 0.371. The standard InChI is InChI=1S/C8H17N5O/c1-5-4-14-3-2-6(5)12-8(11)13-7(9)10/h5-6H,2-4H2,1H3,(H6,9,10,11,12,13). The second-order valence-electron chi connectivity index (χ2n) is 3.43. The lowest BCUT2D eigenvalue weighted by atomic mass is 9.99. The third kappa shape index (κ3) is 3.21. The Bertz CT molecular complexity index is 246. The third-order valence-corrected chi connectivity index (χ3v) is 2.14. The molecule has 6 heteroatoms. The summed E-state index contributed by atoms with van der Waals surface area (Å²) in [5.41, 5.74) is 15.9. The Morgan fingerprint density at radius 1 is 1.36 bits per heavy atom. The van der Waals surface area contributed by atoms with Gasteiger partial charge in [0.1, 0.15) is 0 Å². The molecule has 1 saturated heterocycles. The van der Waals surface area contributed by atoms with Crippen LogP contribution in [0.25, 0.3) is 0 Å². The largest absolute Gasteiger partial charge is 0.381 e. The van der Waals surface area contributed by atoms with E-state index in [0.717, 1.165) is 6.42 Å². The fraction of sp³-hybridized carbons (Fsp3) is 0.750. The van der Waals surface area contributed by atoms with Crippen LogP contribution in [-0.2, 0) is 4.74 Å². The van der Waals surface area contributed by atoms with Crippen LogP contribution in [0.4, 0.5) is 0 Å². The van der Waals surface area contributed by atoms with Crippen molar-refractivity contribution in [3.8, 4) is 0 Å². The number of guanidine groups is 2. The summed E-state index contributed by atoms with van der Waals surface area (Å²) < 4.78 is 5.28. The van der Waals surface area contributed by atoms with E-state index in [4.69, 9.17) is 21.9 Å². The molecule has 0 aromatic carbocycles. The van der Waals surface area contributed by atoms with Crippen molar-refractivity contribution in [2.24, 2.45) is 33.1 Å². The second kappa shape index (κ2) is 4.80. The van der Waals surface area contributed by atoms with Crippen LogP contribution in [0.15, 0.2) is 9.98 Å². The topological polar surface area (TPSA) is 112 Å². The van der Waals surface area contributed by atoms with Crippen LogP contribution in [0, 0.1) is 5.92 Å². The van der Waals surface area contributed by atoms with Crippen LogP contribution in [0.2, 0.25) is 0 Å². The van der Waals surface area contributed by atoms with Gasteiger partial charge in [0.15, 0.2) is 5.96 Å². The van der Waals surface area contributed by atoms with Crippen molar-refractivity contribution in [2.75, 3.05) is 13.2 Å². The van der Waals surface area contributed by atoms with Crippen LogP contribution < -0.4 is 17.2 Å². The van der Waals surface area contributed by atoms with Gasteiger partial charge >= 0.3 is 0 Å². The van der Waals surface area contributed by atoms with Gasteiger partial charge in [-0.1, -0.05) is 6.92 Å². The van der Waals surface area contributed by atoms with Crippen LogP contribution >= 0.6 is 0 Å². The Labute approximate surface area is 83.2 Å². The first-order chi connectivity index (χ1) is 6.59. The summed E-state index contributed by atoms with van der Waals surface area (Å²) in [4.78, 5) is 7.89. The van der Waals surface area contributed by atoms with E-state index in [2.05, 4.69) is 16.9 Å². The molecule has 0 bridgehead atoms. The summed E-state index contributed by atoms with van der Waals surface area (Å²) in [6.07, 6.45) is 0.863. The van der Waals surface area contributed by atoms with Crippen molar-refractivity contribution in [1.82, 2.24) is 0 Å². The fourth-order valence-corrected chi connectivity index (χ4v) is 1.39. The van der Waals surface area contributed by atoms with Crippen LogP contribution in [0.5, 0.6) is 0 Å². The van der Waals surface area contributed by atoms with E-state index in [1.807, 2.05) is 0 Å². The van der Waals surface area contributed by atoms with Crippen LogP contribution in [0.1, 0.15) is 13.3 Å². The molecule has 2 atom stereocenters. The maximum atomic E-state index is 5.53. The summed E-state index contributed by atoms with van der Waals surface area (Å²) >= 11 is 0. The second-order valence-corrected chi connectivity index (χ2v) is 3.43. The molecule has 2 unspecified atom stereocenters. The van der Waals surface area contributed by atoms with E-state index in [-0.39, 0.29) is 18.0 Å². The van der Waals surface area contributed by atoms with Gasteiger partial charge in [-0.2, -0.15) is 4.99 Å². The molecule has 6 nitrogen and oxygen atoms in total. The van der Waals surface area contributed by atoms with Gasteiger partial charge in [0.25, 0.3) is 0 Å². The lowest BCUT2D eigenvalue weighted by Crippen LogP contribution is -2.32. The average Bonchev–Trinajstić information content (AvgIpc) is 2.07. The molecule has 0 spiro atoms. The number of nitrogens with zero attached hydrogens (tertiary/aromatic N) is 2. The zero-order valence-corrected chi connectivity index (χ0v) is 8.31. The summed E-state index contributed by atoms with van der Waals surface area (Å²) in [6, 6.07) is 0.159. The predicted octanol–water partition coefficient (Wildman–Crippen LogP) is -1.00. The number of ether oxygens (including phenoxy) is 1. The van der Waals surface area contributed by atoms with Gasteiger partial charge < -0.3 is 21.9 Å². The molecule has 0 radical (unpaired) electrons. The molecule has 1 fully saturated rings. The van der Waals surface area contributed by atoms with Crippen molar-refractivity contribution in [3.05, 3.63) is 0 Å². The Hall–Kier alpha value is -1.30. The van der Waals surface area contributed by atoms with Gasteiger partial charge in [0, 0.05) is 12.5 Å². The SMILES string of the molecule is CC1COCCC1N=C(N)N=C(N)N. The van der Waals surface area contributed by atoms with Gasteiger partial charge in [-0.05, 0) is 6.42 Å². The fourth-order valence-electron chi connectivity index (χ4n) is 1.39. The van der Waals surface area contributed by atoms with Crippen molar-refractivity contribution in [3.63, 3.8) is 0 Å². The highest BCUT2D eigenvalue weighted by Crippen LogP contribution is 2.17. The molecule has 1 aliphatic rings. The summed E-state index contributed by atoms with van der Waals surface area (Å²) in [6.45, 7) is 3.49. The van der Waals surface area contributed by atoms with E-state index in [9.17, 15) is 0 Å². The number of hydrogen-bond acceptors (Lipinski definition) is 2. The lowest BCUT2D eigenvalue weighted by molar-refractivity contribution is 0.0496. The van der Waals surface area contributed by atoms with Gasteiger partial charge in [-0.25, -0.2) is 4.99 Å². The first-order valence-corrected chi connectivity index (χ1v) is 4.60. The smallest absolute Gasteiger partial charge is 0.218 e. The lowest BCUT2D eigenvalue weighted by Gasteiger charge is -2.25. The minimum Gasteiger partial charge on any atom is -0.381 e. The molecule has 1 aliphatic heterocycles. The predicted molar refractivity (Wildman–Crippen MR) is 55.8 cm³/mol. The van der Waals surface area contributed by atoms with Crippen LogP contribution in [0.3, 0.4) is 0 Å². The molecule has 1 rings (SSSR count).